The predicted octanol–water partition coefficient (Wildman–Crippen LogP) is 4.85. The van der Waals surface area contributed by atoms with Crippen molar-refractivity contribution in [2.24, 2.45) is 0 Å². The highest BCUT2D eigenvalue weighted by atomic mass is 16.5. The van der Waals surface area contributed by atoms with Gasteiger partial charge in [0.05, 0.1) is 12.6 Å². The fourth-order valence-corrected chi connectivity index (χ4v) is 4.52. The maximum Gasteiger partial charge on any atom is 0.273 e. The molecule has 1 unspecified atom stereocenters. The first-order valence-electron chi connectivity index (χ1n) is 11.0. The summed E-state index contributed by atoms with van der Waals surface area (Å²) in [5, 5.41) is 28.3. The normalized spacial score (nSPS) is 15.3. The summed E-state index contributed by atoms with van der Waals surface area (Å²) in [5.41, 5.74) is 5.02. The molecular weight excluding hydrogens is 406 g/mol. The zero-order valence-electron chi connectivity index (χ0n) is 18.9. The molecule has 0 radical (unpaired) electrons. The lowest BCUT2D eigenvalue weighted by Gasteiger charge is -2.27. The molecule has 0 fully saturated rings. The number of phenols is 2. The number of aromatic amines is 1. The Kier molecular flexibility index (Phi) is 5.82. The average molecular weight is 436 g/mol. The molecule has 1 aliphatic rings. The molecule has 3 N–H and O–H groups in total. The van der Waals surface area contributed by atoms with E-state index in [0.717, 1.165) is 35.1 Å². The summed E-state index contributed by atoms with van der Waals surface area (Å²) in [4.78, 5) is 15.2. The number of benzene rings is 2. The number of phenolic OH excluding ortho intramolecular Hbond substituents is 2. The van der Waals surface area contributed by atoms with Crippen LogP contribution in [0.4, 0.5) is 0 Å². The van der Waals surface area contributed by atoms with Gasteiger partial charge in [-0.2, -0.15) is 5.10 Å². The molecule has 1 aliphatic heterocycles. The van der Waals surface area contributed by atoms with Gasteiger partial charge in [-0.05, 0) is 62.1 Å². The van der Waals surface area contributed by atoms with Crippen molar-refractivity contribution >= 4 is 5.91 Å². The van der Waals surface area contributed by atoms with Gasteiger partial charge in [0.1, 0.15) is 17.1 Å². The van der Waals surface area contributed by atoms with Gasteiger partial charge in [0.2, 0.25) is 0 Å². The summed E-state index contributed by atoms with van der Waals surface area (Å²) in [7, 11) is 0. The van der Waals surface area contributed by atoms with Crippen LogP contribution in [-0.4, -0.2) is 44.4 Å². The maximum absolute atomic E-state index is 13.3. The van der Waals surface area contributed by atoms with Crippen molar-refractivity contribution in [3.8, 4) is 28.5 Å². The Balaban J connectivity index is 1.91. The second kappa shape index (κ2) is 8.57. The van der Waals surface area contributed by atoms with Crippen molar-refractivity contribution < 1.29 is 19.7 Å². The zero-order valence-corrected chi connectivity index (χ0v) is 18.9. The zero-order chi connectivity index (χ0) is 23.0. The Morgan fingerprint density at radius 2 is 1.91 bits per heavy atom. The van der Waals surface area contributed by atoms with E-state index in [1.165, 1.54) is 0 Å². The van der Waals surface area contributed by atoms with E-state index in [2.05, 4.69) is 17.1 Å². The molecule has 1 amide bonds. The minimum absolute atomic E-state index is 0.0553. The summed E-state index contributed by atoms with van der Waals surface area (Å²) in [6.07, 6.45) is 1.81. The molecule has 3 aromatic rings. The molecule has 0 spiro atoms. The lowest BCUT2D eigenvalue weighted by atomic mass is 9.93. The molecule has 2 aromatic carbocycles. The number of aromatic nitrogens is 2. The van der Waals surface area contributed by atoms with Gasteiger partial charge in [0, 0.05) is 17.7 Å². The Morgan fingerprint density at radius 3 is 2.59 bits per heavy atom. The minimum Gasteiger partial charge on any atom is -0.507 e. The van der Waals surface area contributed by atoms with Crippen molar-refractivity contribution in [3.05, 3.63) is 58.3 Å². The van der Waals surface area contributed by atoms with E-state index in [4.69, 9.17) is 4.74 Å². The largest absolute Gasteiger partial charge is 0.507 e. The van der Waals surface area contributed by atoms with E-state index in [1.54, 1.807) is 18.2 Å². The van der Waals surface area contributed by atoms with Crippen LogP contribution in [0.5, 0.6) is 17.2 Å². The van der Waals surface area contributed by atoms with Crippen LogP contribution in [-0.2, 0) is 0 Å². The van der Waals surface area contributed by atoms with Crippen LogP contribution in [0.15, 0.2) is 30.3 Å². The Hall–Kier alpha value is -3.48. The first-order chi connectivity index (χ1) is 15.4. The van der Waals surface area contributed by atoms with Crippen LogP contribution >= 0.6 is 0 Å². The van der Waals surface area contributed by atoms with Gasteiger partial charge in [0.15, 0.2) is 11.5 Å². The van der Waals surface area contributed by atoms with Gasteiger partial charge in [-0.15, -0.1) is 0 Å². The van der Waals surface area contributed by atoms with Crippen LogP contribution in [0.1, 0.15) is 65.5 Å². The van der Waals surface area contributed by atoms with Crippen LogP contribution in [0.25, 0.3) is 11.3 Å². The number of H-pyrrole nitrogens is 1. The third-order valence-electron chi connectivity index (χ3n) is 5.91. The number of hydrogen-bond acceptors (Lipinski definition) is 5. The maximum atomic E-state index is 13.3. The molecule has 32 heavy (non-hydrogen) atoms. The van der Waals surface area contributed by atoms with Gasteiger partial charge < -0.3 is 19.8 Å². The van der Waals surface area contributed by atoms with Gasteiger partial charge in [-0.25, -0.2) is 0 Å². The molecular formula is C25H29N3O4. The van der Waals surface area contributed by atoms with Crippen molar-refractivity contribution in [2.45, 2.75) is 46.6 Å². The number of aryl methyl sites for hydroxylation is 2. The molecule has 7 heteroatoms. The second-order valence-electron chi connectivity index (χ2n) is 8.25. The Bertz CT molecular complexity index is 1140. The van der Waals surface area contributed by atoms with Crippen LogP contribution in [0, 0.1) is 13.8 Å². The van der Waals surface area contributed by atoms with Crippen molar-refractivity contribution in [2.75, 3.05) is 13.2 Å². The molecule has 7 nitrogen and oxygen atoms in total. The number of ether oxygens (including phenoxy) is 1. The molecule has 0 aliphatic carbocycles. The first kappa shape index (κ1) is 21.7. The summed E-state index contributed by atoms with van der Waals surface area (Å²) in [6.45, 7) is 8.80. The fraction of sp³-hybridized carbons (Fsp3) is 0.360. The molecule has 2 heterocycles. The number of fused-ring (bicyclic) bond motifs is 1. The van der Waals surface area contributed by atoms with E-state index in [-0.39, 0.29) is 17.4 Å². The summed E-state index contributed by atoms with van der Waals surface area (Å²) >= 11 is 0. The Labute approximate surface area is 187 Å². The summed E-state index contributed by atoms with van der Waals surface area (Å²) in [5.74, 6) is 0.448. The second-order valence-corrected chi connectivity index (χ2v) is 8.25. The smallest absolute Gasteiger partial charge is 0.273 e. The van der Waals surface area contributed by atoms with Gasteiger partial charge in [-0.1, -0.05) is 25.5 Å². The standard InChI is InChI=1S/C25H29N3O4/c1-5-7-10-28-24(16-8-9-17(29)19(13-16)32-6-2)21-22(26-27-23(21)25(28)31)20-15(4)11-14(3)12-18(20)30/h8-9,11-13,24,29-30H,5-7,10H2,1-4H3,(H,26,27). The van der Waals surface area contributed by atoms with E-state index in [9.17, 15) is 15.0 Å². The first-order valence-corrected chi connectivity index (χ1v) is 11.0. The molecule has 168 valence electrons. The predicted molar refractivity (Wildman–Crippen MR) is 122 cm³/mol. The van der Waals surface area contributed by atoms with Gasteiger partial charge in [-0.3, -0.25) is 9.89 Å². The van der Waals surface area contributed by atoms with Crippen LogP contribution in [0.3, 0.4) is 0 Å². The summed E-state index contributed by atoms with van der Waals surface area (Å²) < 4.78 is 5.60. The van der Waals surface area contributed by atoms with Crippen LogP contribution in [0.2, 0.25) is 0 Å². The molecule has 4 rings (SSSR count). The number of rotatable bonds is 7. The molecule has 1 aromatic heterocycles. The quantitative estimate of drug-likeness (QED) is 0.493. The van der Waals surface area contributed by atoms with Crippen molar-refractivity contribution in [3.63, 3.8) is 0 Å². The highest BCUT2D eigenvalue weighted by Gasteiger charge is 2.42. The van der Waals surface area contributed by atoms with Gasteiger partial charge >= 0.3 is 0 Å². The number of carbonyl (C=O) groups is 1. The van der Waals surface area contributed by atoms with Crippen molar-refractivity contribution in [1.82, 2.24) is 15.1 Å². The van der Waals surface area contributed by atoms with E-state index < -0.39 is 6.04 Å². The molecule has 0 bridgehead atoms. The number of nitrogens with one attached hydrogen (secondary N) is 1. The highest BCUT2D eigenvalue weighted by molar-refractivity contribution is 6.00. The molecule has 0 saturated carbocycles. The molecule has 0 saturated heterocycles. The highest BCUT2D eigenvalue weighted by Crippen LogP contribution is 2.46. The van der Waals surface area contributed by atoms with E-state index >= 15 is 0 Å². The summed E-state index contributed by atoms with van der Waals surface area (Å²) in [6, 6.07) is 8.47. The number of carbonyl (C=O) groups excluding carboxylic acids is 1. The van der Waals surface area contributed by atoms with Crippen LogP contribution < -0.4 is 4.74 Å². The van der Waals surface area contributed by atoms with E-state index in [1.807, 2.05) is 37.8 Å². The number of unbranched alkanes of at least 4 members (excludes halogenated alkanes) is 1. The SMILES string of the molecule is CCCCN1C(=O)c2[nH]nc(-c3c(C)cc(C)cc3O)c2C1c1ccc(O)c(OCC)c1. The van der Waals surface area contributed by atoms with E-state index in [0.29, 0.717) is 35.9 Å². The van der Waals surface area contributed by atoms with Crippen molar-refractivity contribution in [1.29, 1.82) is 0 Å². The number of nitrogens with zero attached hydrogens (tertiary/aromatic N) is 2. The monoisotopic (exact) mass is 435 g/mol. The minimum atomic E-state index is -0.405. The van der Waals surface area contributed by atoms with Gasteiger partial charge in [0.25, 0.3) is 5.91 Å². The fourth-order valence-electron chi connectivity index (χ4n) is 4.52. The third kappa shape index (κ3) is 3.57. The topological polar surface area (TPSA) is 98.7 Å². The average Bonchev–Trinajstić information content (AvgIpc) is 3.27. The number of hydrogen-bond donors (Lipinski definition) is 3. The lowest BCUT2D eigenvalue weighted by Crippen LogP contribution is -2.30. The third-order valence-corrected chi connectivity index (χ3v) is 5.91. The Morgan fingerprint density at radius 1 is 1.12 bits per heavy atom. The lowest BCUT2D eigenvalue weighted by molar-refractivity contribution is 0.0741. The number of aromatic hydroxyl groups is 2. The molecule has 1 atom stereocenters. The number of amides is 1.